The number of phenols is 1. The van der Waals surface area contributed by atoms with Crippen molar-refractivity contribution >= 4 is 38.6 Å². The average molecular weight is 577 g/mol. The van der Waals surface area contributed by atoms with Crippen LogP contribution in [0, 0.1) is 6.92 Å². The number of hydrogen-bond donors (Lipinski definition) is 2. The minimum atomic E-state index is -2.25. The van der Waals surface area contributed by atoms with Crippen molar-refractivity contribution in [2.75, 3.05) is 5.73 Å². The quantitative estimate of drug-likeness (QED) is 0.230. The van der Waals surface area contributed by atoms with Gasteiger partial charge in [0.1, 0.15) is 17.3 Å². The molecule has 1 atom stereocenters. The highest BCUT2D eigenvalue weighted by atomic mass is 32.2. The van der Waals surface area contributed by atoms with E-state index in [-0.39, 0.29) is 34.1 Å². The molecular weight excluding hydrogens is 552 g/mol. The van der Waals surface area contributed by atoms with Crippen molar-refractivity contribution in [3.05, 3.63) is 132 Å². The lowest BCUT2D eigenvalue weighted by atomic mass is 10.1. The number of ether oxygens (including phenoxy) is 1. The Bertz CT molecular complexity index is 2000. The molecule has 1 unspecified atom stereocenters. The number of anilines is 1. The lowest BCUT2D eigenvalue weighted by Gasteiger charge is -2.11. The van der Waals surface area contributed by atoms with Gasteiger partial charge in [-0.25, -0.2) is 12.9 Å². The molecule has 0 radical (unpaired) electrons. The smallest absolute Gasteiger partial charge is 0.270 e. The van der Waals surface area contributed by atoms with Crippen molar-refractivity contribution in [3.63, 3.8) is 0 Å². The van der Waals surface area contributed by atoms with Crippen LogP contribution in [-0.4, -0.2) is 34.0 Å². The van der Waals surface area contributed by atoms with Gasteiger partial charge in [0, 0.05) is 17.0 Å². The number of ketones is 1. The summed E-state index contributed by atoms with van der Waals surface area (Å²) in [6.45, 7) is 1.89. The zero-order valence-electron chi connectivity index (χ0n) is 22.3. The first-order chi connectivity index (χ1) is 20.3. The van der Waals surface area contributed by atoms with Gasteiger partial charge >= 0.3 is 0 Å². The molecule has 0 saturated heterocycles. The zero-order chi connectivity index (χ0) is 29.4. The van der Waals surface area contributed by atoms with E-state index in [4.69, 9.17) is 10.5 Å². The van der Waals surface area contributed by atoms with E-state index in [1.807, 2.05) is 25.1 Å². The van der Waals surface area contributed by atoms with E-state index in [0.717, 1.165) is 5.56 Å². The summed E-state index contributed by atoms with van der Waals surface area (Å²) < 4.78 is 21.9. The predicted molar refractivity (Wildman–Crippen MR) is 161 cm³/mol. The number of nitrogen functional groups attached to an aromatic ring is 1. The summed E-state index contributed by atoms with van der Waals surface area (Å²) in [5, 5.41) is 14.9. The van der Waals surface area contributed by atoms with Crippen LogP contribution in [0.3, 0.4) is 0 Å². The highest BCUT2D eigenvalue weighted by molar-refractivity contribution is 7.99. The van der Waals surface area contributed by atoms with Gasteiger partial charge in [-0.15, -0.1) is 0 Å². The van der Waals surface area contributed by atoms with Gasteiger partial charge in [-0.2, -0.15) is 5.10 Å². The van der Waals surface area contributed by atoms with Crippen LogP contribution in [0.2, 0.25) is 0 Å². The number of rotatable bonds is 7. The molecule has 3 N–H and O–H groups in total. The summed E-state index contributed by atoms with van der Waals surface area (Å²) in [6, 6.07) is 28.9. The number of nitrogens with zero attached hydrogens (tertiary/aromatic N) is 3. The minimum Gasteiger partial charge on any atom is -0.504 e. The Balaban J connectivity index is 1.35. The van der Waals surface area contributed by atoms with Gasteiger partial charge in [0.25, 0.3) is 5.12 Å². The topological polar surface area (TPSA) is 129 Å². The third-order valence-electron chi connectivity index (χ3n) is 6.72. The molecule has 0 saturated carbocycles. The number of aryl methyl sites for hydroxylation is 1. The Labute approximate surface area is 243 Å². The zero-order valence-corrected chi connectivity index (χ0v) is 23.1. The van der Waals surface area contributed by atoms with Crippen LogP contribution >= 0.6 is 0 Å². The number of carbonyl (C=O) groups excluding carboxylic acids is 2. The Hall–Kier alpha value is -5.48. The van der Waals surface area contributed by atoms with Crippen LogP contribution in [-0.2, 0) is 11.0 Å². The Morgan fingerprint density at radius 2 is 1.62 bits per heavy atom. The Morgan fingerprint density at radius 3 is 2.36 bits per heavy atom. The largest absolute Gasteiger partial charge is 0.504 e. The third kappa shape index (κ3) is 4.84. The Kier molecular flexibility index (Phi) is 6.89. The molecule has 6 aromatic rings. The molecule has 0 aliphatic heterocycles. The minimum absolute atomic E-state index is 0.00331. The van der Waals surface area contributed by atoms with Gasteiger partial charge in [0.15, 0.2) is 22.5 Å². The summed E-state index contributed by atoms with van der Waals surface area (Å²) in [4.78, 5) is 27.1. The van der Waals surface area contributed by atoms with Crippen LogP contribution in [0.15, 0.2) is 109 Å². The predicted octanol–water partition coefficient (Wildman–Crippen LogP) is 5.80. The number of aromatic nitrogens is 3. The molecule has 0 amide bonds. The summed E-state index contributed by atoms with van der Waals surface area (Å²) >= 11 is 0. The van der Waals surface area contributed by atoms with Crippen LogP contribution < -0.4 is 10.5 Å². The van der Waals surface area contributed by atoms with Crippen molar-refractivity contribution < 1.29 is 23.6 Å². The Morgan fingerprint density at radius 1 is 0.905 bits per heavy atom. The molecule has 2 heterocycles. The van der Waals surface area contributed by atoms with E-state index >= 15 is 0 Å². The number of benzene rings is 4. The lowest BCUT2D eigenvalue weighted by molar-refractivity contribution is 0.103. The fourth-order valence-corrected chi connectivity index (χ4v) is 5.72. The number of aromatic hydroxyl groups is 1. The molecule has 10 heteroatoms. The third-order valence-corrected chi connectivity index (χ3v) is 8.00. The SMILES string of the molecule is Cc1ccc(C(=O)S(=O)n2c(C(=O)c3cnn(-c4ccc(Oc5ccccc5)c(O)c4)c3N)cc3ccccc32)cc1. The summed E-state index contributed by atoms with van der Waals surface area (Å²) in [7, 11) is -2.25. The monoisotopic (exact) mass is 576 g/mol. The molecule has 2 aromatic heterocycles. The number of hydrogen-bond acceptors (Lipinski definition) is 7. The molecule has 4 aromatic carbocycles. The van der Waals surface area contributed by atoms with Gasteiger partial charge in [-0.3, -0.25) is 9.59 Å². The number of fused-ring (bicyclic) bond motifs is 1. The second-order valence-electron chi connectivity index (χ2n) is 9.54. The van der Waals surface area contributed by atoms with E-state index in [1.54, 1.807) is 78.9 Å². The average Bonchev–Trinajstić information content (AvgIpc) is 3.59. The van der Waals surface area contributed by atoms with Crippen LogP contribution in [0.4, 0.5) is 5.82 Å². The number of carbonyl (C=O) groups is 2. The lowest BCUT2D eigenvalue weighted by Crippen LogP contribution is -2.20. The molecule has 42 heavy (non-hydrogen) atoms. The van der Waals surface area contributed by atoms with E-state index < -0.39 is 21.9 Å². The van der Waals surface area contributed by atoms with Gasteiger partial charge < -0.3 is 15.6 Å². The highest BCUT2D eigenvalue weighted by Gasteiger charge is 2.28. The van der Waals surface area contributed by atoms with Crippen molar-refractivity contribution in [2.45, 2.75) is 6.92 Å². The maximum absolute atomic E-state index is 13.9. The van der Waals surface area contributed by atoms with Gasteiger partial charge in [0.2, 0.25) is 5.78 Å². The molecular formula is C32H24N4O5S. The number of para-hydroxylation sites is 2. The molecule has 0 bridgehead atoms. The molecule has 0 aliphatic carbocycles. The fourth-order valence-electron chi connectivity index (χ4n) is 4.56. The normalized spacial score (nSPS) is 11.8. The molecule has 0 spiro atoms. The molecule has 0 aliphatic rings. The van der Waals surface area contributed by atoms with Gasteiger partial charge in [-0.05, 0) is 43.3 Å². The second-order valence-corrected chi connectivity index (χ2v) is 10.8. The maximum Gasteiger partial charge on any atom is 0.270 e. The van der Waals surface area contributed by atoms with Crippen molar-refractivity contribution in [3.8, 4) is 22.9 Å². The van der Waals surface area contributed by atoms with Crippen molar-refractivity contribution in [1.29, 1.82) is 0 Å². The summed E-state index contributed by atoms with van der Waals surface area (Å²) in [6.07, 6.45) is 1.30. The molecule has 0 fully saturated rings. The summed E-state index contributed by atoms with van der Waals surface area (Å²) in [5.74, 6) is 0.0824. The van der Waals surface area contributed by atoms with Crippen LogP contribution in [0.5, 0.6) is 17.2 Å². The van der Waals surface area contributed by atoms with E-state index in [0.29, 0.717) is 22.3 Å². The maximum atomic E-state index is 13.9. The first-order valence-electron chi connectivity index (χ1n) is 12.9. The van der Waals surface area contributed by atoms with Gasteiger partial charge in [-0.1, -0.05) is 66.2 Å². The van der Waals surface area contributed by atoms with E-state index in [2.05, 4.69) is 5.10 Å². The second kappa shape index (κ2) is 10.8. The molecule has 208 valence electrons. The van der Waals surface area contributed by atoms with E-state index in [9.17, 15) is 18.9 Å². The first kappa shape index (κ1) is 26.7. The standard InChI is InChI=1S/C32H24N4O5S/c1-20-11-13-21(14-12-20)32(39)42(40)36-26-10-6-5-7-22(26)17-27(36)30(38)25-19-34-35(31(25)33)23-15-16-29(28(37)18-23)41-24-8-3-2-4-9-24/h2-19,37H,33H2,1H3. The number of nitrogens with two attached hydrogens (primary N) is 1. The van der Waals surface area contributed by atoms with Crippen LogP contribution in [0.25, 0.3) is 16.6 Å². The fraction of sp³-hybridized carbons (Fsp3) is 0.0312. The van der Waals surface area contributed by atoms with E-state index in [1.165, 1.54) is 20.9 Å². The summed E-state index contributed by atoms with van der Waals surface area (Å²) in [5.41, 5.74) is 8.53. The van der Waals surface area contributed by atoms with Crippen LogP contribution in [0.1, 0.15) is 32.0 Å². The number of phenolic OH excluding ortho intramolecular Hbond substituents is 1. The highest BCUT2D eigenvalue weighted by Crippen LogP contribution is 2.33. The molecule has 6 rings (SSSR count). The van der Waals surface area contributed by atoms with Crippen molar-refractivity contribution in [1.82, 2.24) is 13.8 Å². The molecule has 9 nitrogen and oxygen atoms in total. The van der Waals surface area contributed by atoms with Gasteiger partial charge in [0.05, 0.1) is 23.0 Å². The first-order valence-corrected chi connectivity index (χ1v) is 14.0. The van der Waals surface area contributed by atoms with Crippen molar-refractivity contribution in [2.24, 2.45) is 0 Å².